The van der Waals surface area contributed by atoms with Crippen LogP contribution in [0.5, 0.6) is 0 Å². The second-order valence-corrected chi connectivity index (χ2v) is 5.36. The minimum absolute atomic E-state index is 0.0280. The summed E-state index contributed by atoms with van der Waals surface area (Å²) in [5.41, 5.74) is 0.604. The molecule has 1 aliphatic rings. The van der Waals surface area contributed by atoms with Gasteiger partial charge in [-0.05, 0) is 44.6 Å². The molecule has 0 bridgehead atoms. The average molecular weight is 298 g/mol. The molecule has 1 aliphatic heterocycles. The summed E-state index contributed by atoms with van der Waals surface area (Å²) in [6.45, 7) is 1.92. The van der Waals surface area contributed by atoms with Gasteiger partial charge >= 0.3 is 5.97 Å². The van der Waals surface area contributed by atoms with Crippen molar-refractivity contribution in [3.8, 4) is 0 Å². The molecule has 1 heterocycles. The van der Waals surface area contributed by atoms with E-state index in [1.54, 1.807) is 12.1 Å². The number of hydrogen-bond donors (Lipinski definition) is 0. The van der Waals surface area contributed by atoms with Gasteiger partial charge in [0.25, 0.3) is 0 Å². The van der Waals surface area contributed by atoms with E-state index in [4.69, 9.17) is 4.74 Å². The summed E-state index contributed by atoms with van der Waals surface area (Å²) >= 11 is 3.35. The zero-order chi connectivity index (χ0) is 12.3. The molecule has 1 aromatic rings. The largest absolute Gasteiger partial charge is 0.457 e. The molecule has 92 valence electrons. The van der Waals surface area contributed by atoms with Crippen molar-refractivity contribution in [2.45, 2.75) is 18.9 Å². The Morgan fingerprint density at radius 1 is 1.53 bits per heavy atom. The third-order valence-electron chi connectivity index (χ3n) is 2.92. The van der Waals surface area contributed by atoms with Crippen LogP contribution in [0.3, 0.4) is 0 Å². The molecular formula is C13H16BrNO2. The van der Waals surface area contributed by atoms with Gasteiger partial charge in [0.1, 0.15) is 6.10 Å². The van der Waals surface area contributed by atoms with Crippen LogP contribution < -0.4 is 0 Å². The topological polar surface area (TPSA) is 29.5 Å². The number of benzene rings is 1. The summed E-state index contributed by atoms with van der Waals surface area (Å²) < 4.78 is 6.40. The van der Waals surface area contributed by atoms with Crippen LogP contribution in [0, 0.1) is 0 Å². The van der Waals surface area contributed by atoms with Gasteiger partial charge in [-0.1, -0.05) is 22.0 Å². The van der Waals surface area contributed by atoms with Crippen molar-refractivity contribution in [2.75, 3.05) is 20.1 Å². The molecule has 4 heteroatoms. The fraction of sp³-hybridized carbons (Fsp3) is 0.462. The minimum atomic E-state index is -0.230. The lowest BCUT2D eigenvalue weighted by Crippen LogP contribution is -2.38. The summed E-state index contributed by atoms with van der Waals surface area (Å²) in [6, 6.07) is 7.30. The number of piperidine rings is 1. The van der Waals surface area contributed by atoms with E-state index in [1.165, 1.54) is 0 Å². The highest BCUT2D eigenvalue weighted by Gasteiger charge is 2.21. The first-order valence-corrected chi connectivity index (χ1v) is 6.59. The highest BCUT2D eigenvalue weighted by atomic mass is 79.9. The van der Waals surface area contributed by atoms with Gasteiger partial charge in [-0.3, -0.25) is 0 Å². The number of ether oxygens (including phenoxy) is 1. The maximum Gasteiger partial charge on any atom is 0.338 e. The van der Waals surface area contributed by atoms with E-state index in [0.717, 1.165) is 30.4 Å². The van der Waals surface area contributed by atoms with Gasteiger partial charge in [-0.25, -0.2) is 4.79 Å². The van der Waals surface area contributed by atoms with Crippen LogP contribution in [0.2, 0.25) is 0 Å². The van der Waals surface area contributed by atoms with Crippen LogP contribution in [0.1, 0.15) is 23.2 Å². The van der Waals surface area contributed by atoms with E-state index in [-0.39, 0.29) is 12.1 Å². The van der Waals surface area contributed by atoms with E-state index in [1.807, 2.05) is 12.1 Å². The number of likely N-dealkylation sites (N-methyl/N-ethyl adjacent to an activating group) is 1. The van der Waals surface area contributed by atoms with Crippen molar-refractivity contribution in [1.82, 2.24) is 4.90 Å². The Bertz CT molecular complexity index is 408. The monoisotopic (exact) mass is 297 g/mol. The molecule has 0 aliphatic carbocycles. The summed E-state index contributed by atoms with van der Waals surface area (Å²) in [5.74, 6) is -0.230. The van der Waals surface area contributed by atoms with Gasteiger partial charge in [-0.2, -0.15) is 0 Å². The molecule has 0 saturated carbocycles. The summed E-state index contributed by atoms with van der Waals surface area (Å²) in [5, 5.41) is 0. The molecule has 0 aromatic heterocycles. The molecule has 2 rings (SSSR count). The lowest BCUT2D eigenvalue weighted by molar-refractivity contribution is 0.0108. The first-order valence-electron chi connectivity index (χ1n) is 5.80. The third kappa shape index (κ3) is 3.54. The molecule has 0 amide bonds. The van der Waals surface area contributed by atoms with Crippen LogP contribution in [0.25, 0.3) is 0 Å². The summed E-state index contributed by atoms with van der Waals surface area (Å²) in [7, 11) is 2.05. The molecular weight excluding hydrogens is 282 g/mol. The fourth-order valence-electron chi connectivity index (χ4n) is 2.05. The molecule has 0 N–H and O–H groups in total. The van der Waals surface area contributed by atoms with Gasteiger partial charge in [0, 0.05) is 11.0 Å². The SMILES string of the molecule is CN1CCC[C@@H](OC(=O)c2cccc(Br)c2)C1. The van der Waals surface area contributed by atoms with Gasteiger partial charge in [0.05, 0.1) is 5.56 Å². The number of nitrogens with zero attached hydrogens (tertiary/aromatic N) is 1. The number of likely N-dealkylation sites (tertiary alicyclic amines) is 1. The van der Waals surface area contributed by atoms with Crippen molar-refractivity contribution in [2.24, 2.45) is 0 Å². The van der Waals surface area contributed by atoms with Crippen LogP contribution in [0.15, 0.2) is 28.7 Å². The summed E-state index contributed by atoms with van der Waals surface area (Å²) in [4.78, 5) is 14.1. The maximum atomic E-state index is 11.9. The maximum absolute atomic E-state index is 11.9. The quantitative estimate of drug-likeness (QED) is 0.786. The van der Waals surface area contributed by atoms with Crippen LogP contribution >= 0.6 is 15.9 Å². The Labute approximate surface area is 110 Å². The number of halogens is 1. The Morgan fingerprint density at radius 3 is 3.06 bits per heavy atom. The average Bonchev–Trinajstić information content (AvgIpc) is 2.29. The van der Waals surface area contributed by atoms with Crippen LogP contribution in [-0.4, -0.2) is 37.1 Å². The molecule has 3 nitrogen and oxygen atoms in total. The summed E-state index contributed by atoms with van der Waals surface area (Å²) in [6.07, 6.45) is 2.08. The van der Waals surface area contributed by atoms with E-state index in [2.05, 4.69) is 27.9 Å². The Morgan fingerprint density at radius 2 is 2.35 bits per heavy atom. The van der Waals surface area contributed by atoms with E-state index in [9.17, 15) is 4.79 Å². The highest BCUT2D eigenvalue weighted by Crippen LogP contribution is 2.16. The molecule has 1 atom stereocenters. The predicted molar refractivity (Wildman–Crippen MR) is 70.1 cm³/mol. The number of carbonyl (C=O) groups is 1. The van der Waals surface area contributed by atoms with E-state index < -0.39 is 0 Å². The molecule has 1 aromatic carbocycles. The second kappa shape index (κ2) is 5.65. The minimum Gasteiger partial charge on any atom is -0.457 e. The third-order valence-corrected chi connectivity index (χ3v) is 3.41. The van der Waals surface area contributed by atoms with Gasteiger partial charge < -0.3 is 9.64 Å². The molecule has 0 unspecified atom stereocenters. The van der Waals surface area contributed by atoms with Crippen LogP contribution in [0.4, 0.5) is 0 Å². The molecule has 1 fully saturated rings. The Balaban J connectivity index is 1.97. The molecule has 1 saturated heterocycles. The highest BCUT2D eigenvalue weighted by molar-refractivity contribution is 9.10. The smallest absolute Gasteiger partial charge is 0.338 e. The van der Waals surface area contributed by atoms with Crippen LogP contribution in [-0.2, 0) is 4.74 Å². The molecule has 0 radical (unpaired) electrons. The molecule has 17 heavy (non-hydrogen) atoms. The number of hydrogen-bond acceptors (Lipinski definition) is 3. The Hall–Kier alpha value is -0.870. The van der Waals surface area contributed by atoms with E-state index in [0.29, 0.717) is 5.56 Å². The van der Waals surface area contributed by atoms with Crippen molar-refractivity contribution >= 4 is 21.9 Å². The normalized spacial score (nSPS) is 21.2. The number of rotatable bonds is 2. The lowest BCUT2D eigenvalue weighted by Gasteiger charge is -2.29. The second-order valence-electron chi connectivity index (χ2n) is 4.44. The number of esters is 1. The first kappa shape index (κ1) is 12.6. The van der Waals surface area contributed by atoms with Crippen molar-refractivity contribution in [3.63, 3.8) is 0 Å². The van der Waals surface area contributed by atoms with Gasteiger partial charge in [0.2, 0.25) is 0 Å². The van der Waals surface area contributed by atoms with Crippen molar-refractivity contribution in [1.29, 1.82) is 0 Å². The predicted octanol–water partition coefficient (Wildman–Crippen LogP) is 2.70. The van der Waals surface area contributed by atoms with Gasteiger partial charge in [0.15, 0.2) is 0 Å². The lowest BCUT2D eigenvalue weighted by atomic mass is 10.1. The zero-order valence-electron chi connectivity index (χ0n) is 9.86. The molecule has 0 spiro atoms. The number of carbonyl (C=O) groups excluding carboxylic acids is 1. The van der Waals surface area contributed by atoms with Crippen molar-refractivity contribution in [3.05, 3.63) is 34.3 Å². The zero-order valence-corrected chi connectivity index (χ0v) is 11.4. The van der Waals surface area contributed by atoms with E-state index >= 15 is 0 Å². The Kier molecular flexibility index (Phi) is 4.18. The van der Waals surface area contributed by atoms with Gasteiger partial charge in [-0.15, -0.1) is 0 Å². The van der Waals surface area contributed by atoms with Crippen molar-refractivity contribution < 1.29 is 9.53 Å². The fourth-order valence-corrected chi connectivity index (χ4v) is 2.45. The standard InChI is InChI=1S/C13H16BrNO2/c1-15-7-3-6-12(9-15)17-13(16)10-4-2-5-11(14)8-10/h2,4-5,8,12H,3,6-7,9H2,1H3/t12-/m1/s1. The first-order chi connectivity index (χ1) is 8.15.